The third-order valence-electron chi connectivity index (χ3n) is 3.92. The van der Waals surface area contributed by atoms with Crippen LogP contribution in [0.2, 0.25) is 0 Å². The molecule has 110 valence electrons. The number of aromatic carboxylic acids is 1. The number of rotatable bonds is 4. The minimum atomic E-state index is -0.999. The summed E-state index contributed by atoms with van der Waals surface area (Å²) in [7, 11) is 0. The van der Waals surface area contributed by atoms with Crippen molar-refractivity contribution in [3.05, 3.63) is 35.6 Å². The van der Waals surface area contributed by atoms with Gasteiger partial charge in [0.05, 0.1) is 12.5 Å². The van der Waals surface area contributed by atoms with Gasteiger partial charge in [0, 0.05) is 11.9 Å². The van der Waals surface area contributed by atoms with Crippen molar-refractivity contribution in [3.63, 3.8) is 0 Å². The van der Waals surface area contributed by atoms with Gasteiger partial charge in [-0.25, -0.2) is 4.79 Å². The van der Waals surface area contributed by atoms with Crippen molar-refractivity contribution in [2.45, 2.75) is 13.0 Å². The van der Waals surface area contributed by atoms with Crippen molar-refractivity contribution in [1.29, 1.82) is 0 Å². The van der Waals surface area contributed by atoms with E-state index >= 15 is 0 Å². The summed E-state index contributed by atoms with van der Waals surface area (Å²) in [5.41, 5.74) is 6.08. The first-order chi connectivity index (χ1) is 10.1. The van der Waals surface area contributed by atoms with Gasteiger partial charge in [0.15, 0.2) is 0 Å². The fourth-order valence-corrected chi connectivity index (χ4v) is 2.85. The number of para-hydroxylation sites is 1. The maximum absolute atomic E-state index is 11.5. The Morgan fingerprint density at radius 2 is 2.14 bits per heavy atom. The zero-order chi connectivity index (χ0) is 15.0. The highest BCUT2D eigenvalue weighted by atomic mass is 16.4. The predicted molar refractivity (Wildman–Crippen MR) is 75.8 cm³/mol. The Kier molecular flexibility index (Phi) is 3.39. The van der Waals surface area contributed by atoms with Crippen LogP contribution in [0.15, 0.2) is 28.7 Å². The molecular formula is C15H16N2O4. The number of furan rings is 1. The van der Waals surface area contributed by atoms with Crippen molar-refractivity contribution < 1.29 is 19.1 Å². The summed E-state index contributed by atoms with van der Waals surface area (Å²) < 4.78 is 5.68. The molecule has 1 unspecified atom stereocenters. The van der Waals surface area contributed by atoms with E-state index in [-0.39, 0.29) is 17.4 Å². The van der Waals surface area contributed by atoms with Crippen molar-refractivity contribution in [1.82, 2.24) is 4.90 Å². The third-order valence-corrected chi connectivity index (χ3v) is 3.92. The van der Waals surface area contributed by atoms with E-state index < -0.39 is 5.97 Å². The fraction of sp³-hybridized carbons (Fsp3) is 0.333. The van der Waals surface area contributed by atoms with E-state index in [9.17, 15) is 14.7 Å². The molecule has 21 heavy (non-hydrogen) atoms. The highest BCUT2D eigenvalue weighted by Gasteiger charge is 2.29. The Labute approximate surface area is 121 Å². The molecule has 2 heterocycles. The fourth-order valence-electron chi connectivity index (χ4n) is 2.85. The quantitative estimate of drug-likeness (QED) is 0.887. The molecule has 6 nitrogen and oxygen atoms in total. The highest BCUT2D eigenvalue weighted by molar-refractivity contribution is 6.03. The lowest BCUT2D eigenvalue weighted by Crippen LogP contribution is -2.27. The van der Waals surface area contributed by atoms with Crippen molar-refractivity contribution in [2.24, 2.45) is 11.7 Å². The number of fused-ring (bicyclic) bond motifs is 1. The van der Waals surface area contributed by atoms with Crippen LogP contribution >= 0.6 is 0 Å². The number of benzene rings is 1. The number of primary amides is 1. The van der Waals surface area contributed by atoms with Crippen LogP contribution < -0.4 is 5.73 Å². The lowest BCUT2D eigenvalue weighted by Gasteiger charge is -2.13. The van der Waals surface area contributed by atoms with E-state index in [1.807, 2.05) is 4.90 Å². The van der Waals surface area contributed by atoms with Gasteiger partial charge in [-0.1, -0.05) is 18.2 Å². The van der Waals surface area contributed by atoms with Crippen molar-refractivity contribution >= 4 is 22.8 Å². The summed E-state index contributed by atoms with van der Waals surface area (Å²) in [6.45, 7) is 1.63. The molecule has 1 aliphatic heterocycles. The monoisotopic (exact) mass is 288 g/mol. The highest BCUT2D eigenvalue weighted by Crippen LogP contribution is 2.28. The summed E-state index contributed by atoms with van der Waals surface area (Å²) >= 11 is 0. The molecule has 3 N–H and O–H groups in total. The van der Waals surface area contributed by atoms with Crippen LogP contribution in [0.25, 0.3) is 11.0 Å². The van der Waals surface area contributed by atoms with Crippen molar-refractivity contribution in [3.8, 4) is 0 Å². The molecule has 1 aliphatic rings. The number of nitrogens with zero attached hydrogens (tertiary/aromatic N) is 1. The first-order valence-corrected chi connectivity index (χ1v) is 6.81. The third kappa shape index (κ3) is 2.50. The second-order valence-electron chi connectivity index (χ2n) is 5.32. The lowest BCUT2D eigenvalue weighted by molar-refractivity contribution is -0.121. The number of nitrogens with two attached hydrogens (primary N) is 1. The van der Waals surface area contributed by atoms with E-state index in [1.165, 1.54) is 0 Å². The molecule has 0 spiro atoms. The number of hydrogen-bond acceptors (Lipinski definition) is 4. The number of hydrogen-bond donors (Lipinski definition) is 2. The summed E-state index contributed by atoms with van der Waals surface area (Å²) in [6, 6.07) is 7.08. The van der Waals surface area contributed by atoms with Crippen LogP contribution in [0, 0.1) is 5.92 Å². The maximum atomic E-state index is 11.5. The zero-order valence-corrected chi connectivity index (χ0v) is 11.4. The molecule has 1 saturated heterocycles. The summed E-state index contributed by atoms with van der Waals surface area (Å²) in [6.07, 6.45) is 0.706. The van der Waals surface area contributed by atoms with E-state index in [0.29, 0.717) is 42.8 Å². The molecule has 6 heteroatoms. The molecule has 1 atom stereocenters. The predicted octanol–water partition coefficient (Wildman–Crippen LogP) is 1.44. The van der Waals surface area contributed by atoms with Gasteiger partial charge in [0.2, 0.25) is 5.91 Å². The maximum Gasteiger partial charge on any atom is 0.339 e. The SMILES string of the molecule is NC(=O)C1CCN(Cc2oc3ccccc3c2C(=O)O)C1. The molecule has 3 rings (SSSR count). The summed E-state index contributed by atoms with van der Waals surface area (Å²) in [4.78, 5) is 24.7. The van der Waals surface area contributed by atoms with Gasteiger partial charge >= 0.3 is 5.97 Å². The van der Waals surface area contributed by atoms with Crippen LogP contribution in [0.4, 0.5) is 0 Å². The molecule has 1 fully saturated rings. The number of carbonyl (C=O) groups is 2. The first kappa shape index (κ1) is 13.6. The average Bonchev–Trinajstić information content (AvgIpc) is 3.02. The van der Waals surface area contributed by atoms with Crippen LogP contribution in [-0.2, 0) is 11.3 Å². The Bertz CT molecular complexity index is 707. The standard InChI is InChI=1S/C15H16N2O4/c16-14(18)9-5-6-17(7-9)8-12-13(15(19)20)10-3-1-2-4-11(10)21-12/h1-4,9H,5-8H2,(H2,16,18)(H,19,20). The van der Waals surface area contributed by atoms with Gasteiger partial charge in [-0.05, 0) is 19.0 Å². The number of amides is 1. The molecular weight excluding hydrogens is 272 g/mol. The molecule has 1 aromatic carbocycles. The second-order valence-corrected chi connectivity index (χ2v) is 5.32. The minimum absolute atomic E-state index is 0.164. The summed E-state index contributed by atoms with van der Waals surface area (Å²) in [5, 5.41) is 10.0. The molecule has 0 radical (unpaired) electrons. The smallest absolute Gasteiger partial charge is 0.339 e. The first-order valence-electron chi connectivity index (χ1n) is 6.81. The van der Waals surface area contributed by atoms with Gasteiger partial charge in [-0.15, -0.1) is 0 Å². The lowest BCUT2D eigenvalue weighted by atomic mass is 10.1. The van der Waals surface area contributed by atoms with Crippen molar-refractivity contribution in [2.75, 3.05) is 13.1 Å². The van der Waals surface area contributed by atoms with Gasteiger partial charge in [0.1, 0.15) is 16.9 Å². The largest absolute Gasteiger partial charge is 0.478 e. The van der Waals surface area contributed by atoms with E-state index in [1.54, 1.807) is 24.3 Å². The molecule has 0 aliphatic carbocycles. The number of likely N-dealkylation sites (tertiary alicyclic amines) is 1. The molecule has 0 saturated carbocycles. The Morgan fingerprint density at radius 1 is 1.38 bits per heavy atom. The summed E-state index contributed by atoms with van der Waals surface area (Å²) in [5.74, 6) is -1.04. The van der Waals surface area contributed by atoms with E-state index in [4.69, 9.17) is 10.2 Å². The minimum Gasteiger partial charge on any atom is -0.478 e. The molecule has 1 amide bonds. The topological polar surface area (TPSA) is 96.8 Å². The van der Waals surface area contributed by atoms with E-state index in [2.05, 4.69) is 0 Å². The number of carboxylic acid groups (broad SMARTS) is 1. The van der Waals surface area contributed by atoms with Gasteiger partial charge in [-0.2, -0.15) is 0 Å². The van der Waals surface area contributed by atoms with Gasteiger partial charge in [-0.3, -0.25) is 9.69 Å². The molecule has 0 bridgehead atoms. The second kappa shape index (κ2) is 5.21. The average molecular weight is 288 g/mol. The van der Waals surface area contributed by atoms with Gasteiger partial charge in [0.25, 0.3) is 0 Å². The Morgan fingerprint density at radius 3 is 2.81 bits per heavy atom. The number of carbonyl (C=O) groups excluding carboxylic acids is 1. The Hall–Kier alpha value is -2.34. The van der Waals surface area contributed by atoms with Crippen LogP contribution in [0.3, 0.4) is 0 Å². The zero-order valence-electron chi connectivity index (χ0n) is 11.4. The van der Waals surface area contributed by atoms with E-state index in [0.717, 1.165) is 0 Å². The van der Waals surface area contributed by atoms with Crippen LogP contribution in [0.5, 0.6) is 0 Å². The molecule has 2 aromatic rings. The van der Waals surface area contributed by atoms with Gasteiger partial charge < -0.3 is 15.3 Å². The van der Waals surface area contributed by atoms with Crippen LogP contribution in [-0.4, -0.2) is 35.0 Å². The normalized spacial score (nSPS) is 19.1. The number of carboxylic acids is 1. The van der Waals surface area contributed by atoms with Crippen LogP contribution in [0.1, 0.15) is 22.5 Å². The Balaban J connectivity index is 1.89. The molecule has 1 aromatic heterocycles.